The Balaban J connectivity index is 0. The average Bonchev–Trinajstić information content (AvgIpc) is 1.59. The summed E-state index contributed by atoms with van der Waals surface area (Å²) in [6.45, 7) is 0. The number of rotatable bonds is 3. The van der Waals surface area contributed by atoms with Gasteiger partial charge in [0.2, 0.25) is 0 Å². The normalized spacial score (nSPS) is 10.4. The molecule has 56 valence electrons. The fourth-order valence-corrected chi connectivity index (χ4v) is 0.266. The van der Waals surface area contributed by atoms with Crippen molar-refractivity contribution < 1.29 is 32.5 Å². The van der Waals surface area contributed by atoms with Gasteiger partial charge in [0.25, 0.3) is 0 Å². The predicted octanol–water partition coefficient (Wildman–Crippen LogP) is -0.697. The molecule has 0 atom stereocenters. The van der Waals surface area contributed by atoms with E-state index in [1.807, 2.05) is 0 Å². The molecule has 10 heavy (non-hydrogen) atoms. The molecule has 0 aromatic heterocycles. The van der Waals surface area contributed by atoms with E-state index in [4.69, 9.17) is 10.0 Å². The first-order valence-corrected chi connectivity index (χ1v) is 3.03. The minimum atomic E-state index is -5.76. The quantitative estimate of drug-likeness (QED) is 0.253. The van der Waals surface area contributed by atoms with Gasteiger partial charge < -0.3 is 10.0 Å². The van der Waals surface area contributed by atoms with Gasteiger partial charge in [0.1, 0.15) is 0 Å². The summed E-state index contributed by atoms with van der Waals surface area (Å²) in [5.41, 5.74) is 0. The molecule has 10 heteroatoms. The Labute approximate surface area is 67.3 Å². The Hall–Kier alpha value is 0.592. The Morgan fingerprint density at radius 3 is 1.90 bits per heavy atom. The Kier molecular flexibility index (Phi) is 6.96. The van der Waals surface area contributed by atoms with Crippen molar-refractivity contribution in [3.63, 3.8) is 0 Å². The molecule has 0 heterocycles. The van der Waals surface area contributed by atoms with Crippen molar-refractivity contribution in [2.75, 3.05) is 0 Å². The van der Waals surface area contributed by atoms with Crippen molar-refractivity contribution in [1.82, 2.24) is 0 Å². The molecule has 0 aromatic rings. The first-order valence-electron chi connectivity index (χ1n) is 1.62. The third kappa shape index (κ3) is 11.4. The van der Waals surface area contributed by atoms with Gasteiger partial charge in [-0.25, -0.2) is 9.37 Å². The van der Waals surface area contributed by atoms with Crippen LogP contribution >= 0.6 is 7.99 Å². The zero-order valence-corrected chi connectivity index (χ0v) is 4.79. The molecular weight excluding hydrogens is 167 g/mol. The second-order valence-corrected chi connectivity index (χ2v) is 1.89. The van der Waals surface area contributed by atoms with Crippen LogP contribution in [0.1, 0.15) is 0 Å². The van der Waals surface area contributed by atoms with Crippen LogP contribution in [0, 0.1) is 0 Å². The molecule has 0 saturated carbocycles. The summed E-state index contributed by atoms with van der Waals surface area (Å²) in [7, 11) is -8.27. The molecule has 0 aliphatic carbocycles. The van der Waals surface area contributed by atoms with E-state index in [1.54, 1.807) is 0 Å². The molecule has 0 fully saturated rings. The molecule has 0 aliphatic heterocycles. The number of hydrogen-bond donors (Lipinski definition) is 2. The van der Waals surface area contributed by atoms with E-state index in [9.17, 15) is 13.0 Å². The van der Waals surface area contributed by atoms with Crippen LogP contribution in [0.25, 0.3) is 0 Å². The molecule has 0 spiro atoms. The van der Waals surface area contributed by atoms with Crippen LogP contribution in [0.5, 0.6) is 0 Å². The van der Waals surface area contributed by atoms with Crippen LogP contribution in [-0.4, -0.2) is 36.2 Å². The molecule has 0 radical (unpaired) electrons. The van der Waals surface area contributed by atoms with Crippen LogP contribution in [0.4, 0.5) is 8.39 Å². The molecule has 0 rings (SSSR count). The summed E-state index contributed by atoms with van der Waals surface area (Å²) < 4.78 is 34.1. The van der Waals surface area contributed by atoms with Crippen LogP contribution in [0.2, 0.25) is 0 Å². The third-order valence-electron chi connectivity index (χ3n) is 0.216. The van der Waals surface area contributed by atoms with Gasteiger partial charge in [-0.05, 0) is 0 Å². The third-order valence-corrected chi connectivity index (χ3v) is 0.475. The molecule has 2 N–H and O–H groups in total. The van der Waals surface area contributed by atoms with Gasteiger partial charge in [0.05, 0.1) is 0 Å². The second kappa shape index (κ2) is 5.27. The van der Waals surface area contributed by atoms with Crippen molar-refractivity contribution in [3.8, 4) is 0 Å². The summed E-state index contributed by atoms with van der Waals surface area (Å²) in [6.07, 6.45) is 0. The average molecular weight is 170 g/mol. The van der Waals surface area contributed by atoms with E-state index >= 15 is 0 Å². The molecule has 0 saturated heterocycles. The number of hydrogen-bond acceptors (Lipinski definition) is 5. The fraction of sp³-hybridized carbons (Fsp3) is 0. The van der Waals surface area contributed by atoms with Gasteiger partial charge in [-0.1, -0.05) is 0 Å². The van der Waals surface area contributed by atoms with Gasteiger partial charge in [0, 0.05) is 0 Å². The monoisotopic (exact) mass is 170 g/mol. The van der Waals surface area contributed by atoms with E-state index in [-0.39, 0.29) is 18.9 Å². The van der Waals surface area contributed by atoms with Gasteiger partial charge in [-0.3, -0.25) is 0 Å². The van der Waals surface area contributed by atoms with Gasteiger partial charge in [0.15, 0.2) is 0 Å². The molecule has 0 aromatic carbocycles. The summed E-state index contributed by atoms with van der Waals surface area (Å²) in [5.74, 6) is 0. The van der Waals surface area contributed by atoms with Crippen molar-refractivity contribution in [1.29, 1.82) is 0 Å². The minimum absolute atomic E-state index is 0. The van der Waals surface area contributed by atoms with Crippen molar-refractivity contribution in [2.45, 2.75) is 0 Å². The van der Waals surface area contributed by atoms with E-state index in [0.29, 0.717) is 0 Å². The summed E-state index contributed by atoms with van der Waals surface area (Å²) in [4.78, 5) is 3.00. The molecule has 0 aliphatic rings. The zero-order chi connectivity index (χ0) is 7.49. The first kappa shape index (κ1) is 13.2. The van der Waals surface area contributed by atoms with Crippen molar-refractivity contribution in [2.24, 2.45) is 0 Å². The Morgan fingerprint density at radius 2 is 1.80 bits per heavy atom. The van der Waals surface area contributed by atoms with Crippen LogP contribution in [0.3, 0.4) is 0 Å². The van der Waals surface area contributed by atoms with Crippen LogP contribution in [-0.2, 0) is 14.0 Å². The predicted molar refractivity (Wildman–Crippen MR) is 29.3 cm³/mol. The summed E-state index contributed by atoms with van der Waals surface area (Å²) >= 11 is 0. The van der Waals surface area contributed by atoms with Crippen molar-refractivity contribution >= 4 is 34.2 Å². The zero-order valence-electron chi connectivity index (χ0n) is 3.90. The molecule has 5 nitrogen and oxygen atoms in total. The molecule has 0 bridgehead atoms. The second-order valence-electron chi connectivity index (χ2n) is 0.911. The SMILES string of the molecule is O=P(F)(F)OOB(O)O.[LiH]. The standard InChI is InChI=1S/BF2H2O5P.Li.H/c2-9(3,6)8-7-1(4)5;;/h4-5H;;. The van der Waals surface area contributed by atoms with Gasteiger partial charge >= 0.3 is 34.2 Å². The Bertz CT molecular complexity index is 123. The number of halogens is 2. The van der Waals surface area contributed by atoms with Crippen molar-refractivity contribution in [3.05, 3.63) is 0 Å². The maximum absolute atomic E-state index is 11.1. The molecule has 0 unspecified atom stereocenters. The summed E-state index contributed by atoms with van der Waals surface area (Å²) in [5, 5.41) is 15.3. The van der Waals surface area contributed by atoms with Crippen LogP contribution < -0.4 is 0 Å². The van der Waals surface area contributed by atoms with E-state index in [0.717, 1.165) is 0 Å². The maximum atomic E-state index is 11.1. The van der Waals surface area contributed by atoms with Crippen LogP contribution in [0.15, 0.2) is 0 Å². The first-order chi connectivity index (χ1) is 3.92. The molecule has 0 amide bonds. The fourth-order valence-electron chi connectivity index (χ4n) is 0.0886. The molecular formula is H3BF2LiO5P. The van der Waals surface area contributed by atoms with E-state index < -0.39 is 15.3 Å². The topological polar surface area (TPSA) is 76.0 Å². The Morgan fingerprint density at radius 1 is 1.40 bits per heavy atom. The van der Waals surface area contributed by atoms with E-state index in [2.05, 4.69) is 9.48 Å². The van der Waals surface area contributed by atoms with E-state index in [1.165, 1.54) is 0 Å². The van der Waals surface area contributed by atoms with Gasteiger partial charge in [-0.15, -0.1) is 13.1 Å². The summed E-state index contributed by atoms with van der Waals surface area (Å²) in [6, 6.07) is 0. The van der Waals surface area contributed by atoms with Gasteiger partial charge in [-0.2, -0.15) is 0 Å².